The van der Waals surface area contributed by atoms with E-state index >= 15 is 0 Å². The van der Waals surface area contributed by atoms with Gasteiger partial charge in [0.15, 0.2) is 5.69 Å². The van der Waals surface area contributed by atoms with Gasteiger partial charge in [0.1, 0.15) is 6.04 Å². The van der Waals surface area contributed by atoms with Crippen molar-refractivity contribution in [1.29, 1.82) is 0 Å². The van der Waals surface area contributed by atoms with Crippen LogP contribution in [0.2, 0.25) is 0 Å². The number of carboxylic acid groups (broad SMARTS) is 1. The minimum Gasteiger partial charge on any atom is -0.480 e. The van der Waals surface area contributed by atoms with Crippen LogP contribution in [0.15, 0.2) is 6.20 Å². The number of hydrogen-bond acceptors (Lipinski definition) is 6. The number of hydrogen-bond donors (Lipinski definition) is 2. The first-order valence-electron chi connectivity index (χ1n) is 6.70. The van der Waals surface area contributed by atoms with Crippen molar-refractivity contribution < 1.29 is 19.5 Å². The molecule has 3 heterocycles. The first kappa shape index (κ1) is 14.8. The molecule has 2 saturated heterocycles. The van der Waals surface area contributed by atoms with Gasteiger partial charge in [-0.3, -0.25) is 14.3 Å². The minimum absolute atomic E-state index is 0.0967. The zero-order valence-electron chi connectivity index (χ0n) is 12.0. The van der Waals surface area contributed by atoms with Crippen LogP contribution >= 0.6 is 11.8 Å². The minimum atomic E-state index is -1.03. The van der Waals surface area contributed by atoms with Gasteiger partial charge < -0.3 is 15.3 Å². The van der Waals surface area contributed by atoms with Gasteiger partial charge in [-0.05, 0) is 6.92 Å². The molecule has 118 valence electrons. The highest BCUT2D eigenvalue weighted by atomic mass is 32.2. The van der Waals surface area contributed by atoms with Gasteiger partial charge in [-0.25, -0.2) is 4.79 Å². The third-order valence-corrected chi connectivity index (χ3v) is 5.47. The second-order valence-electron chi connectivity index (χ2n) is 5.51. The van der Waals surface area contributed by atoms with Crippen LogP contribution in [0, 0.1) is 0 Å². The molecule has 2 aliphatic heterocycles. The Morgan fingerprint density at radius 2 is 2.32 bits per heavy atom. The number of carbonyl (C=O) groups excluding carboxylic acids is 2. The summed E-state index contributed by atoms with van der Waals surface area (Å²) in [5.41, 5.74) is 0.167. The summed E-state index contributed by atoms with van der Waals surface area (Å²) in [6, 6.07) is -0.906. The monoisotopic (exact) mass is 325 g/mol. The molecule has 2 amide bonds. The quantitative estimate of drug-likeness (QED) is 0.693. The number of nitrogens with zero attached hydrogens (tertiary/aromatic N) is 4. The number of aromatic nitrogens is 3. The van der Waals surface area contributed by atoms with Crippen molar-refractivity contribution in [3.8, 4) is 0 Å². The van der Waals surface area contributed by atoms with Gasteiger partial charge in [-0.1, -0.05) is 5.21 Å². The molecule has 2 fully saturated rings. The van der Waals surface area contributed by atoms with Crippen LogP contribution < -0.4 is 5.32 Å². The Morgan fingerprint density at radius 1 is 1.59 bits per heavy atom. The standard InChI is InChI=1S/C12H15N5O4S/c1-12(5-16-4-6(14-15-16)10(19)13-2)9(11(20)21)17-7(18)3-8(17)22-12/h4,8-9H,3,5H2,1-2H3,(H,13,19)(H,20,21). The van der Waals surface area contributed by atoms with Crippen LogP contribution in [0.5, 0.6) is 0 Å². The van der Waals surface area contributed by atoms with E-state index in [1.807, 2.05) is 0 Å². The summed E-state index contributed by atoms with van der Waals surface area (Å²) in [4.78, 5) is 36.2. The number of amides is 2. The smallest absolute Gasteiger partial charge is 0.327 e. The van der Waals surface area contributed by atoms with Crippen molar-refractivity contribution in [2.24, 2.45) is 0 Å². The van der Waals surface area contributed by atoms with E-state index in [9.17, 15) is 19.5 Å². The van der Waals surface area contributed by atoms with Crippen molar-refractivity contribution in [3.05, 3.63) is 11.9 Å². The first-order valence-corrected chi connectivity index (χ1v) is 7.57. The third-order valence-electron chi connectivity index (χ3n) is 3.92. The molecule has 10 heteroatoms. The summed E-state index contributed by atoms with van der Waals surface area (Å²) in [5.74, 6) is -1.53. The highest BCUT2D eigenvalue weighted by Gasteiger charge is 2.60. The average Bonchev–Trinajstić information content (AvgIpc) is 2.99. The van der Waals surface area contributed by atoms with Crippen LogP contribution in [0.25, 0.3) is 0 Å². The largest absolute Gasteiger partial charge is 0.480 e. The second kappa shape index (κ2) is 4.97. The van der Waals surface area contributed by atoms with E-state index in [1.165, 1.54) is 34.6 Å². The van der Waals surface area contributed by atoms with E-state index in [2.05, 4.69) is 15.6 Å². The van der Waals surface area contributed by atoms with Crippen LogP contribution in [0.1, 0.15) is 23.8 Å². The van der Waals surface area contributed by atoms with E-state index in [4.69, 9.17) is 0 Å². The lowest BCUT2D eigenvalue weighted by Crippen LogP contribution is -2.58. The van der Waals surface area contributed by atoms with Crippen molar-refractivity contribution in [3.63, 3.8) is 0 Å². The number of thioether (sulfide) groups is 1. The number of nitrogens with one attached hydrogen (secondary N) is 1. The molecule has 0 bridgehead atoms. The number of carboxylic acids is 1. The average molecular weight is 325 g/mol. The summed E-state index contributed by atoms with van der Waals surface area (Å²) in [5, 5.41) is 19.5. The fourth-order valence-electron chi connectivity index (χ4n) is 2.91. The Balaban J connectivity index is 1.83. The Labute approximate surface area is 130 Å². The molecular weight excluding hydrogens is 310 g/mol. The predicted molar refractivity (Wildman–Crippen MR) is 76.1 cm³/mol. The predicted octanol–water partition coefficient (Wildman–Crippen LogP) is -0.845. The van der Waals surface area contributed by atoms with Gasteiger partial charge in [0.05, 0.1) is 29.3 Å². The molecule has 9 nitrogen and oxygen atoms in total. The molecule has 22 heavy (non-hydrogen) atoms. The van der Waals surface area contributed by atoms with Gasteiger partial charge in [-0.2, -0.15) is 0 Å². The molecule has 2 aliphatic rings. The summed E-state index contributed by atoms with van der Waals surface area (Å²) in [6.45, 7) is 2.04. The number of carbonyl (C=O) groups is 3. The lowest BCUT2D eigenvalue weighted by atomic mass is 9.96. The van der Waals surface area contributed by atoms with E-state index in [0.717, 1.165) is 0 Å². The molecule has 1 aromatic heterocycles. The molecule has 0 spiro atoms. The molecular formula is C12H15N5O4S. The van der Waals surface area contributed by atoms with Gasteiger partial charge in [0.2, 0.25) is 5.91 Å². The SMILES string of the molecule is CNC(=O)c1cn(CC2(C)SC3CC(=O)N3C2C(=O)O)nn1. The Hall–Kier alpha value is -2.10. The lowest BCUT2D eigenvalue weighted by Gasteiger charge is -2.36. The summed E-state index contributed by atoms with van der Waals surface area (Å²) in [6.07, 6.45) is 1.84. The maximum atomic E-state index is 11.7. The van der Waals surface area contributed by atoms with E-state index < -0.39 is 16.8 Å². The van der Waals surface area contributed by atoms with Gasteiger partial charge >= 0.3 is 5.97 Å². The Kier molecular flexibility index (Phi) is 3.35. The maximum Gasteiger partial charge on any atom is 0.327 e. The molecule has 1 aromatic rings. The zero-order chi connectivity index (χ0) is 16.1. The van der Waals surface area contributed by atoms with Crippen LogP contribution in [0.4, 0.5) is 0 Å². The highest BCUT2D eigenvalue weighted by molar-refractivity contribution is 8.01. The second-order valence-corrected chi connectivity index (χ2v) is 7.22. The summed E-state index contributed by atoms with van der Waals surface area (Å²) >= 11 is 1.46. The van der Waals surface area contributed by atoms with E-state index in [-0.39, 0.29) is 29.4 Å². The van der Waals surface area contributed by atoms with Crippen LogP contribution in [0.3, 0.4) is 0 Å². The number of fused-ring (bicyclic) bond motifs is 1. The topological polar surface area (TPSA) is 117 Å². The van der Waals surface area contributed by atoms with Crippen LogP contribution in [-0.2, 0) is 16.1 Å². The van der Waals surface area contributed by atoms with E-state index in [1.54, 1.807) is 6.92 Å². The third kappa shape index (κ3) is 2.14. The van der Waals surface area contributed by atoms with Gasteiger partial charge in [0, 0.05) is 7.05 Å². The zero-order valence-corrected chi connectivity index (χ0v) is 12.8. The van der Waals surface area contributed by atoms with Crippen molar-refractivity contribution in [1.82, 2.24) is 25.2 Å². The van der Waals surface area contributed by atoms with Crippen molar-refractivity contribution >= 4 is 29.5 Å². The van der Waals surface area contributed by atoms with Crippen molar-refractivity contribution in [2.45, 2.75) is 36.1 Å². The Morgan fingerprint density at radius 3 is 2.91 bits per heavy atom. The molecule has 0 saturated carbocycles. The summed E-state index contributed by atoms with van der Waals surface area (Å²) in [7, 11) is 1.49. The lowest BCUT2D eigenvalue weighted by molar-refractivity contribution is -0.157. The molecule has 3 atom stereocenters. The highest BCUT2D eigenvalue weighted by Crippen LogP contribution is 2.51. The first-order chi connectivity index (χ1) is 10.4. The molecule has 0 aromatic carbocycles. The van der Waals surface area contributed by atoms with Crippen molar-refractivity contribution in [2.75, 3.05) is 7.05 Å². The molecule has 3 rings (SSSR count). The number of aliphatic carboxylic acids is 1. The Bertz CT molecular complexity index is 662. The molecule has 0 aliphatic carbocycles. The van der Waals surface area contributed by atoms with Gasteiger partial charge in [0.25, 0.3) is 5.91 Å². The number of rotatable bonds is 4. The van der Waals surface area contributed by atoms with Gasteiger partial charge in [-0.15, -0.1) is 16.9 Å². The van der Waals surface area contributed by atoms with Crippen LogP contribution in [-0.4, -0.2) is 66.0 Å². The normalized spacial score (nSPS) is 29.9. The summed E-state index contributed by atoms with van der Waals surface area (Å²) < 4.78 is 0.722. The molecule has 2 N–H and O–H groups in total. The van der Waals surface area contributed by atoms with E-state index in [0.29, 0.717) is 6.42 Å². The number of β-lactam (4-membered cyclic amide) rings is 1. The maximum absolute atomic E-state index is 11.7. The fraction of sp³-hybridized carbons (Fsp3) is 0.583. The molecule has 3 unspecified atom stereocenters. The fourth-order valence-corrected chi connectivity index (χ4v) is 4.66. The molecule has 0 radical (unpaired) electrons.